The van der Waals surface area contributed by atoms with Crippen molar-refractivity contribution in [2.24, 2.45) is 0 Å². The number of hydrogen-bond acceptors (Lipinski definition) is 5. The van der Waals surface area contributed by atoms with Gasteiger partial charge in [-0.25, -0.2) is 9.97 Å². The lowest BCUT2D eigenvalue weighted by Crippen LogP contribution is -2.42. The number of aromatic amines is 1. The van der Waals surface area contributed by atoms with Gasteiger partial charge >= 0.3 is 0 Å². The van der Waals surface area contributed by atoms with Crippen molar-refractivity contribution >= 4 is 16.9 Å². The smallest absolute Gasteiger partial charge is 0.233 e. The zero-order chi connectivity index (χ0) is 20.4. The molecule has 1 saturated heterocycles. The Hall–Kier alpha value is -2.96. The van der Waals surface area contributed by atoms with Crippen LogP contribution in [-0.4, -0.2) is 50.2 Å². The number of H-pyrrole nitrogens is 1. The number of fused-ring (bicyclic) bond motifs is 1. The fourth-order valence-corrected chi connectivity index (χ4v) is 4.17. The Morgan fingerprint density at radius 1 is 1.24 bits per heavy atom. The van der Waals surface area contributed by atoms with Gasteiger partial charge in [-0.3, -0.25) is 9.89 Å². The highest BCUT2D eigenvalue weighted by Gasteiger charge is 2.26. The first-order chi connectivity index (χ1) is 14.0. The lowest BCUT2D eigenvalue weighted by atomic mass is 9.95. The van der Waals surface area contributed by atoms with Crippen LogP contribution in [0.3, 0.4) is 0 Å². The number of nitrogens with one attached hydrogen (secondary N) is 1. The van der Waals surface area contributed by atoms with Crippen molar-refractivity contribution in [1.82, 2.24) is 25.1 Å². The number of amides is 1. The third kappa shape index (κ3) is 4.23. The summed E-state index contributed by atoms with van der Waals surface area (Å²) >= 11 is 0. The van der Waals surface area contributed by atoms with Gasteiger partial charge in [-0.1, -0.05) is 19.1 Å². The number of aryl methyl sites for hydroxylation is 2. The summed E-state index contributed by atoms with van der Waals surface area (Å²) < 4.78 is 6.04. The standard InChI is InChI=1S/C22H27N5O2/c1-14(22-15(2)25-26-16(22)3)12-21(28)27-10-8-17(9-11-27)29-20-13-23-18-6-4-5-7-19(18)24-20/h4-7,13-14,17H,8-12H2,1-3H3,(H,25,26). The Kier molecular flexibility index (Phi) is 5.47. The first-order valence-electron chi connectivity index (χ1n) is 10.2. The first-order valence-corrected chi connectivity index (χ1v) is 10.2. The summed E-state index contributed by atoms with van der Waals surface area (Å²) in [5.41, 5.74) is 4.87. The van der Waals surface area contributed by atoms with Crippen LogP contribution >= 0.6 is 0 Å². The van der Waals surface area contributed by atoms with Crippen LogP contribution in [0.25, 0.3) is 11.0 Å². The minimum Gasteiger partial charge on any atom is -0.473 e. The fraction of sp³-hybridized carbons (Fsp3) is 0.455. The van der Waals surface area contributed by atoms with Crippen molar-refractivity contribution in [1.29, 1.82) is 0 Å². The topological polar surface area (TPSA) is 84.0 Å². The monoisotopic (exact) mass is 393 g/mol. The molecule has 0 radical (unpaired) electrons. The van der Waals surface area contributed by atoms with E-state index in [2.05, 4.69) is 27.1 Å². The molecular formula is C22H27N5O2. The Morgan fingerprint density at radius 3 is 2.66 bits per heavy atom. The number of rotatable bonds is 5. The van der Waals surface area contributed by atoms with Crippen LogP contribution in [0.5, 0.6) is 5.88 Å². The number of ether oxygens (including phenoxy) is 1. The minimum atomic E-state index is 0.0605. The molecule has 7 nitrogen and oxygen atoms in total. The molecular weight excluding hydrogens is 366 g/mol. The normalized spacial score (nSPS) is 16.2. The number of hydrogen-bond donors (Lipinski definition) is 1. The molecule has 1 unspecified atom stereocenters. The molecule has 1 aliphatic rings. The zero-order valence-corrected chi connectivity index (χ0v) is 17.2. The molecule has 2 aromatic heterocycles. The van der Waals surface area contributed by atoms with Crippen LogP contribution in [0.4, 0.5) is 0 Å². The molecule has 0 saturated carbocycles. The summed E-state index contributed by atoms with van der Waals surface area (Å²) in [6, 6.07) is 7.75. The number of nitrogens with zero attached hydrogens (tertiary/aromatic N) is 4. The summed E-state index contributed by atoms with van der Waals surface area (Å²) in [5.74, 6) is 0.901. The van der Waals surface area contributed by atoms with Crippen molar-refractivity contribution < 1.29 is 9.53 Å². The predicted molar refractivity (Wildman–Crippen MR) is 111 cm³/mol. The zero-order valence-electron chi connectivity index (χ0n) is 17.2. The number of benzene rings is 1. The average molecular weight is 393 g/mol. The Balaban J connectivity index is 1.31. The van der Waals surface area contributed by atoms with Gasteiger partial charge in [-0.05, 0) is 37.5 Å². The maximum atomic E-state index is 12.8. The van der Waals surface area contributed by atoms with E-state index in [1.165, 1.54) is 0 Å². The van der Waals surface area contributed by atoms with Gasteiger partial charge in [0, 0.05) is 38.0 Å². The molecule has 7 heteroatoms. The van der Waals surface area contributed by atoms with E-state index in [0.717, 1.165) is 40.8 Å². The average Bonchev–Trinajstić information content (AvgIpc) is 3.06. The second kappa shape index (κ2) is 8.19. The highest BCUT2D eigenvalue weighted by molar-refractivity contribution is 5.77. The third-order valence-corrected chi connectivity index (χ3v) is 5.67. The maximum absolute atomic E-state index is 12.8. The van der Waals surface area contributed by atoms with Crippen molar-refractivity contribution in [3.05, 3.63) is 47.4 Å². The first kappa shape index (κ1) is 19.4. The molecule has 0 bridgehead atoms. The number of carbonyl (C=O) groups is 1. The second-order valence-corrected chi connectivity index (χ2v) is 7.85. The molecule has 0 aliphatic carbocycles. The molecule has 1 fully saturated rings. The summed E-state index contributed by atoms with van der Waals surface area (Å²) in [4.78, 5) is 23.7. The molecule has 0 spiro atoms. The van der Waals surface area contributed by atoms with Gasteiger partial charge in [0.1, 0.15) is 6.10 Å². The van der Waals surface area contributed by atoms with Gasteiger partial charge in [0.2, 0.25) is 11.8 Å². The Morgan fingerprint density at radius 2 is 1.97 bits per heavy atom. The molecule has 1 amide bonds. The molecule has 1 N–H and O–H groups in total. The fourth-order valence-electron chi connectivity index (χ4n) is 4.17. The van der Waals surface area contributed by atoms with Gasteiger partial charge in [-0.15, -0.1) is 0 Å². The van der Waals surface area contributed by atoms with Gasteiger partial charge in [-0.2, -0.15) is 5.10 Å². The number of likely N-dealkylation sites (tertiary alicyclic amines) is 1. The number of para-hydroxylation sites is 2. The van der Waals surface area contributed by atoms with Gasteiger partial charge in [0.15, 0.2) is 0 Å². The summed E-state index contributed by atoms with van der Waals surface area (Å²) in [7, 11) is 0. The van der Waals surface area contributed by atoms with Crippen molar-refractivity contribution in [3.8, 4) is 5.88 Å². The molecule has 1 atom stereocenters. The Bertz CT molecular complexity index is 988. The number of aromatic nitrogens is 4. The summed E-state index contributed by atoms with van der Waals surface area (Å²) in [6.07, 6.45) is 3.85. The molecule has 3 heterocycles. The number of carbonyl (C=O) groups excluding carboxylic acids is 1. The second-order valence-electron chi connectivity index (χ2n) is 7.85. The number of piperidine rings is 1. The van der Waals surface area contributed by atoms with E-state index >= 15 is 0 Å². The van der Waals surface area contributed by atoms with Crippen LogP contribution < -0.4 is 4.74 Å². The molecule has 152 valence electrons. The van der Waals surface area contributed by atoms with Crippen LogP contribution in [0.15, 0.2) is 30.5 Å². The molecule has 1 aliphatic heterocycles. The van der Waals surface area contributed by atoms with Gasteiger partial charge < -0.3 is 9.64 Å². The van der Waals surface area contributed by atoms with Crippen molar-refractivity contribution in [3.63, 3.8) is 0 Å². The summed E-state index contributed by atoms with van der Waals surface area (Å²) in [5, 5.41) is 7.26. The van der Waals surface area contributed by atoms with E-state index in [1.807, 2.05) is 43.0 Å². The van der Waals surface area contributed by atoms with Gasteiger partial charge in [0.25, 0.3) is 0 Å². The minimum absolute atomic E-state index is 0.0605. The van der Waals surface area contributed by atoms with Crippen LogP contribution in [0.2, 0.25) is 0 Å². The largest absolute Gasteiger partial charge is 0.473 e. The van der Waals surface area contributed by atoms with E-state index in [4.69, 9.17) is 4.74 Å². The molecule has 3 aromatic rings. The predicted octanol–water partition coefficient (Wildman–Crippen LogP) is 3.53. The van der Waals surface area contributed by atoms with E-state index in [0.29, 0.717) is 25.4 Å². The lowest BCUT2D eigenvalue weighted by Gasteiger charge is -2.32. The maximum Gasteiger partial charge on any atom is 0.233 e. The highest BCUT2D eigenvalue weighted by Crippen LogP contribution is 2.26. The van der Waals surface area contributed by atoms with E-state index in [1.54, 1.807) is 6.20 Å². The quantitative estimate of drug-likeness (QED) is 0.717. The lowest BCUT2D eigenvalue weighted by molar-refractivity contribution is -0.133. The summed E-state index contributed by atoms with van der Waals surface area (Å²) in [6.45, 7) is 7.51. The van der Waals surface area contributed by atoms with Crippen LogP contribution in [0.1, 0.15) is 49.1 Å². The van der Waals surface area contributed by atoms with E-state index < -0.39 is 0 Å². The van der Waals surface area contributed by atoms with Crippen molar-refractivity contribution in [2.75, 3.05) is 13.1 Å². The van der Waals surface area contributed by atoms with E-state index in [-0.39, 0.29) is 17.9 Å². The van der Waals surface area contributed by atoms with Gasteiger partial charge in [0.05, 0.1) is 22.9 Å². The van der Waals surface area contributed by atoms with Crippen molar-refractivity contribution in [2.45, 2.75) is 52.1 Å². The molecule has 4 rings (SSSR count). The molecule has 1 aromatic carbocycles. The molecule has 29 heavy (non-hydrogen) atoms. The SMILES string of the molecule is Cc1n[nH]c(C)c1C(C)CC(=O)N1CCC(Oc2cnc3ccccc3n2)CC1. The van der Waals surface area contributed by atoms with E-state index in [9.17, 15) is 4.79 Å². The third-order valence-electron chi connectivity index (χ3n) is 5.67. The highest BCUT2D eigenvalue weighted by atomic mass is 16.5. The Labute approximate surface area is 170 Å². The van der Waals surface area contributed by atoms with Crippen LogP contribution in [-0.2, 0) is 4.79 Å². The van der Waals surface area contributed by atoms with Crippen LogP contribution in [0, 0.1) is 13.8 Å².